The number of carbonyl (C=O) groups excluding carboxylic acids is 2. The van der Waals surface area contributed by atoms with E-state index in [1.54, 1.807) is 0 Å². The van der Waals surface area contributed by atoms with Gasteiger partial charge in [-0.05, 0) is 38.5 Å². The average molecular weight is 733 g/mol. The first-order valence-electron chi connectivity index (χ1n) is 20.4. The number of esters is 2. The number of hydrogen-bond donors (Lipinski definition) is 1. The van der Waals surface area contributed by atoms with Gasteiger partial charge in [0, 0.05) is 12.8 Å². The molecule has 0 radical (unpaired) electrons. The highest BCUT2D eigenvalue weighted by atomic mass is 31.2. The molecule has 0 spiro atoms. The lowest BCUT2D eigenvalue weighted by Gasteiger charge is -2.24. The van der Waals surface area contributed by atoms with Gasteiger partial charge >= 0.3 is 19.8 Å². The third-order valence-electron chi connectivity index (χ3n) is 8.80. The monoisotopic (exact) mass is 733 g/mol. The summed E-state index contributed by atoms with van der Waals surface area (Å²) >= 11 is 0. The van der Waals surface area contributed by atoms with Crippen LogP contribution in [0.4, 0.5) is 0 Å². The molecule has 0 aromatic carbocycles. The van der Waals surface area contributed by atoms with Crippen LogP contribution in [0.3, 0.4) is 0 Å². The Kier molecular flexibility index (Phi) is 32.7. The molecule has 0 aromatic heterocycles. The molecule has 2 atom stereocenters. The molecule has 0 aromatic rings. The normalized spacial score (nSPS) is 13.8. The summed E-state index contributed by atoms with van der Waals surface area (Å²) in [6, 6.07) is 0. The van der Waals surface area contributed by atoms with E-state index in [1.165, 1.54) is 96.3 Å². The molecule has 2 unspecified atom stereocenters. The van der Waals surface area contributed by atoms with E-state index in [0.29, 0.717) is 23.9 Å². The maximum Gasteiger partial charge on any atom is 0.472 e. The summed E-state index contributed by atoms with van der Waals surface area (Å²) in [5.74, 6) is -0.804. The topological polar surface area (TPSA) is 108 Å². The molecule has 0 aliphatic carbocycles. The first-order chi connectivity index (χ1) is 24.0. The van der Waals surface area contributed by atoms with Gasteiger partial charge in [0.15, 0.2) is 6.10 Å². The lowest BCUT2D eigenvalue weighted by Crippen LogP contribution is -2.37. The van der Waals surface area contributed by atoms with Crippen LogP contribution in [0, 0.1) is 0 Å². The summed E-state index contributed by atoms with van der Waals surface area (Å²) in [4.78, 5) is 35.2. The number of quaternary nitrogens is 1. The van der Waals surface area contributed by atoms with Crippen LogP contribution >= 0.6 is 7.82 Å². The number of allylic oxidation sites excluding steroid dienone is 2. The molecular weight excluding hydrogens is 653 g/mol. The van der Waals surface area contributed by atoms with Crippen LogP contribution in [0.1, 0.15) is 181 Å². The average Bonchev–Trinajstić information content (AvgIpc) is 3.06. The Balaban J connectivity index is 4.40. The van der Waals surface area contributed by atoms with Gasteiger partial charge < -0.3 is 18.9 Å². The van der Waals surface area contributed by atoms with Gasteiger partial charge in [0.05, 0.1) is 27.7 Å². The van der Waals surface area contributed by atoms with Gasteiger partial charge in [-0.1, -0.05) is 142 Å². The summed E-state index contributed by atoms with van der Waals surface area (Å²) in [6.45, 7) is 4.40. The number of phosphoric ester groups is 1. The number of unbranched alkanes of at least 4 members (excludes halogenated alkanes) is 21. The highest BCUT2D eigenvalue weighted by molar-refractivity contribution is 7.47. The first-order valence-corrected chi connectivity index (χ1v) is 21.9. The fraction of sp³-hybridized carbons (Fsp3) is 0.900. The van der Waals surface area contributed by atoms with Crippen molar-refractivity contribution < 1.29 is 42.1 Å². The van der Waals surface area contributed by atoms with Gasteiger partial charge in [-0.15, -0.1) is 0 Å². The van der Waals surface area contributed by atoms with Gasteiger partial charge in [-0.2, -0.15) is 0 Å². The fourth-order valence-electron chi connectivity index (χ4n) is 5.54. The zero-order chi connectivity index (χ0) is 37.2. The molecule has 0 rings (SSSR count). The SMILES string of the molecule is CCCCCCCCC=CCCCCCCCC(=O)OC(COC(=O)CCCCCCCCCCCCC)COP(=O)(O)OCC[N+](C)(C)C. The van der Waals surface area contributed by atoms with Crippen molar-refractivity contribution in [2.75, 3.05) is 47.5 Å². The summed E-state index contributed by atoms with van der Waals surface area (Å²) in [5.41, 5.74) is 0. The minimum atomic E-state index is -4.36. The van der Waals surface area contributed by atoms with Crippen molar-refractivity contribution in [3.8, 4) is 0 Å². The molecule has 0 saturated heterocycles. The minimum absolute atomic E-state index is 0.0329. The van der Waals surface area contributed by atoms with Crippen molar-refractivity contribution >= 4 is 19.8 Å². The molecule has 0 saturated carbocycles. The molecule has 0 fully saturated rings. The minimum Gasteiger partial charge on any atom is -0.462 e. The Morgan fingerprint density at radius 1 is 0.600 bits per heavy atom. The quantitative estimate of drug-likeness (QED) is 0.0221. The van der Waals surface area contributed by atoms with E-state index in [-0.39, 0.29) is 25.6 Å². The van der Waals surface area contributed by atoms with Gasteiger partial charge in [-0.3, -0.25) is 18.6 Å². The van der Waals surface area contributed by atoms with Gasteiger partial charge in [0.25, 0.3) is 0 Å². The molecule has 10 heteroatoms. The number of carbonyl (C=O) groups is 2. The van der Waals surface area contributed by atoms with Gasteiger partial charge in [0.1, 0.15) is 19.8 Å². The van der Waals surface area contributed by atoms with E-state index in [9.17, 15) is 19.0 Å². The number of hydrogen-bond acceptors (Lipinski definition) is 7. The Bertz CT molecular complexity index is 876. The van der Waals surface area contributed by atoms with E-state index >= 15 is 0 Å². The lowest BCUT2D eigenvalue weighted by molar-refractivity contribution is -0.870. The maximum atomic E-state index is 12.6. The number of phosphoric acid groups is 1. The van der Waals surface area contributed by atoms with Gasteiger partial charge in [0.2, 0.25) is 0 Å². The summed E-state index contributed by atoms with van der Waals surface area (Å²) in [5, 5.41) is 0. The van der Waals surface area contributed by atoms with Crippen molar-refractivity contribution in [1.29, 1.82) is 0 Å². The second-order valence-electron chi connectivity index (χ2n) is 15.0. The van der Waals surface area contributed by atoms with Crippen molar-refractivity contribution in [3.05, 3.63) is 12.2 Å². The van der Waals surface area contributed by atoms with E-state index in [2.05, 4.69) is 26.0 Å². The van der Waals surface area contributed by atoms with Gasteiger partial charge in [-0.25, -0.2) is 4.57 Å². The van der Waals surface area contributed by atoms with Crippen LogP contribution in [0.2, 0.25) is 0 Å². The third kappa shape index (κ3) is 36.5. The number of likely N-dealkylation sites (N-methyl/N-ethyl adjacent to an activating group) is 1. The molecule has 0 aliphatic rings. The fourth-order valence-corrected chi connectivity index (χ4v) is 6.28. The molecule has 50 heavy (non-hydrogen) atoms. The Morgan fingerprint density at radius 3 is 1.48 bits per heavy atom. The Labute approximate surface area is 307 Å². The van der Waals surface area contributed by atoms with E-state index < -0.39 is 26.5 Å². The van der Waals surface area contributed by atoms with Crippen LogP contribution < -0.4 is 0 Å². The number of rotatable bonds is 37. The summed E-state index contributed by atoms with van der Waals surface area (Å²) in [7, 11) is 1.48. The number of ether oxygens (including phenoxy) is 2. The highest BCUT2D eigenvalue weighted by Crippen LogP contribution is 2.43. The van der Waals surface area contributed by atoms with E-state index in [0.717, 1.165) is 51.4 Å². The molecule has 0 aliphatic heterocycles. The molecule has 0 amide bonds. The molecular formula is C40H79NO8P+. The summed E-state index contributed by atoms with van der Waals surface area (Å²) < 4.78 is 34.2. The van der Waals surface area contributed by atoms with E-state index in [1.807, 2.05) is 21.1 Å². The molecule has 1 N–H and O–H groups in total. The van der Waals surface area contributed by atoms with Crippen molar-refractivity contribution in [1.82, 2.24) is 0 Å². The first kappa shape index (κ1) is 48.8. The molecule has 296 valence electrons. The highest BCUT2D eigenvalue weighted by Gasteiger charge is 2.27. The zero-order valence-corrected chi connectivity index (χ0v) is 34.0. The predicted octanol–water partition coefficient (Wildman–Crippen LogP) is 11.0. The standard InChI is InChI=1S/C40H78NO8P/c1-6-8-10-12-14-16-18-19-20-21-23-25-27-29-31-33-40(43)49-38(37-48-50(44,45)47-35-34-41(3,4)5)36-46-39(42)32-30-28-26-24-22-17-15-13-11-9-7-2/h19-20,38H,6-18,21-37H2,1-5H3/p+1. The van der Waals surface area contributed by atoms with Crippen molar-refractivity contribution in [2.45, 2.75) is 187 Å². The second-order valence-corrected chi connectivity index (χ2v) is 16.5. The third-order valence-corrected chi connectivity index (χ3v) is 9.78. The Morgan fingerprint density at radius 2 is 1.02 bits per heavy atom. The van der Waals surface area contributed by atoms with Crippen LogP contribution in [0.15, 0.2) is 12.2 Å². The zero-order valence-electron chi connectivity index (χ0n) is 33.1. The predicted molar refractivity (Wildman–Crippen MR) is 206 cm³/mol. The molecule has 9 nitrogen and oxygen atoms in total. The molecule has 0 bridgehead atoms. The Hall–Kier alpha value is -1.25. The second kappa shape index (κ2) is 33.6. The maximum absolute atomic E-state index is 12.6. The van der Waals surface area contributed by atoms with E-state index in [4.69, 9.17) is 18.5 Å². The largest absolute Gasteiger partial charge is 0.472 e. The van der Waals surface area contributed by atoms with Crippen LogP contribution in [-0.2, 0) is 32.7 Å². The smallest absolute Gasteiger partial charge is 0.462 e. The number of nitrogens with zero attached hydrogens (tertiary/aromatic N) is 1. The summed E-state index contributed by atoms with van der Waals surface area (Å²) in [6.07, 6.45) is 32.5. The van der Waals surface area contributed by atoms with Crippen LogP contribution in [0.25, 0.3) is 0 Å². The van der Waals surface area contributed by atoms with Crippen LogP contribution in [-0.4, -0.2) is 74.9 Å². The lowest BCUT2D eigenvalue weighted by atomic mass is 10.1. The molecule has 0 heterocycles. The van der Waals surface area contributed by atoms with Crippen LogP contribution in [0.5, 0.6) is 0 Å². The van der Waals surface area contributed by atoms with Crippen molar-refractivity contribution in [3.63, 3.8) is 0 Å². The van der Waals surface area contributed by atoms with Crippen molar-refractivity contribution in [2.24, 2.45) is 0 Å².